The zero-order valence-electron chi connectivity index (χ0n) is 17.5. The number of amides is 2. The second-order valence-corrected chi connectivity index (χ2v) is 8.94. The molecule has 27 heavy (non-hydrogen) atoms. The van der Waals surface area contributed by atoms with Gasteiger partial charge >= 0.3 is 0 Å². The van der Waals surface area contributed by atoms with E-state index in [9.17, 15) is 9.59 Å². The fourth-order valence-electron chi connectivity index (χ4n) is 3.29. The van der Waals surface area contributed by atoms with Gasteiger partial charge in [0.25, 0.3) is 0 Å². The number of anilines is 1. The van der Waals surface area contributed by atoms with Gasteiger partial charge in [-0.3, -0.25) is 19.4 Å². The third-order valence-corrected chi connectivity index (χ3v) is 5.65. The smallest absolute Gasteiger partial charge is 0.241 e. The lowest BCUT2D eigenvalue weighted by atomic mass is 9.87. The van der Waals surface area contributed by atoms with E-state index < -0.39 is 5.54 Å². The molecule has 150 valence electrons. The van der Waals surface area contributed by atoms with Crippen LogP contribution in [0.2, 0.25) is 0 Å². The Balaban J connectivity index is 1.92. The summed E-state index contributed by atoms with van der Waals surface area (Å²) in [6, 6.07) is 7.80. The Morgan fingerprint density at radius 2 is 1.52 bits per heavy atom. The topological polar surface area (TPSA) is 78.7 Å². The number of hydrogen-bond donors (Lipinski definition) is 2. The van der Waals surface area contributed by atoms with E-state index in [1.165, 1.54) is 5.56 Å². The molecular formula is C21H34N4O2. The predicted molar refractivity (Wildman–Crippen MR) is 110 cm³/mol. The van der Waals surface area contributed by atoms with Crippen LogP contribution in [0.5, 0.6) is 0 Å². The van der Waals surface area contributed by atoms with Crippen LogP contribution >= 0.6 is 0 Å². The number of primary amides is 1. The largest absolute Gasteiger partial charge is 0.368 e. The molecule has 1 aliphatic rings. The molecule has 1 atom stereocenters. The molecular weight excluding hydrogens is 340 g/mol. The maximum atomic E-state index is 12.6. The molecule has 0 radical (unpaired) electrons. The van der Waals surface area contributed by atoms with E-state index >= 15 is 0 Å². The van der Waals surface area contributed by atoms with Gasteiger partial charge in [0.05, 0.1) is 11.6 Å². The zero-order chi connectivity index (χ0) is 20.4. The fourth-order valence-corrected chi connectivity index (χ4v) is 3.29. The van der Waals surface area contributed by atoms with Gasteiger partial charge in [0, 0.05) is 31.9 Å². The molecule has 2 rings (SSSR count). The second kappa shape index (κ2) is 7.98. The Morgan fingerprint density at radius 1 is 1.00 bits per heavy atom. The lowest BCUT2D eigenvalue weighted by Gasteiger charge is -2.43. The summed E-state index contributed by atoms with van der Waals surface area (Å²) >= 11 is 0. The number of hydrogen-bond acceptors (Lipinski definition) is 4. The number of nitrogens with zero attached hydrogens (tertiary/aromatic N) is 2. The van der Waals surface area contributed by atoms with Gasteiger partial charge < -0.3 is 11.1 Å². The highest BCUT2D eigenvalue weighted by molar-refractivity contribution is 5.94. The van der Waals surface area contributed by atoms with Crippen molar-refractivity contribution in [2.45, 2.75) is 58.5 Å². The van der Waals surface area contributed by atoms with Crippen molar-refractivity contribution < 1.29 is 9.59 Å². The maximum absolute atomic E-state index is 12.6. The lowest BCUT2D eigenvalue weighted by molar-refractivity contribution is -0.131. The van der Waals surface area contributed by atoms with Crippen molar-refractivity contribution in [2.24, 2.45) is 5.73 Å². The second-order valence-electron chi connectivity index (χ2n) is 8.94. The van der Waals surface area contributed by atoms with E-state index in [4.69, 9.17) is 5.73 Å². The van der Waals surface area contributed by atoms with E-state index in [1.54, 1.807) is 0 Å². The van der Waals surface area contributed by atoms with Crippen LogP contribution in [0, 0.1) is 0 Å². The minimum atomic E-state index is -0.660. The van der Waals surface area contributed by atoms with Crippen LogP contribution < -0.4 is 11.1 Å². The van der Waals surface area contributed by atoms with Gasteiger partial charge in [-0.15, -0.1) is 0 Å². The summed E-state index contributed by atoms with van der Waals surface area (Å²) in [5.41, 5.74) is 6.99. The summed E-state index contributed by atoms with van der Waals surface area (Å²) in [4.78, 5) is 28.5. The van der Waals surface area contributed by atoms with E-state index in [1.807, 2.05) is 32.9 Å². The van der Waals surface area contributed by atoms with Crippen molar-refractivity contribution in [1.29, 1.82) is 0 Å². The summed E-state index contributed by atoms with van der Waals surface area (Å²) in [7, 11) is 0. The van der Waals surface area contributed by atoms with Gasteiger partial charge in [-0.05, 0) is 43.9 Å². The summed E-state index contributed by atoms with van der Waals surface area (Å²) in [5.74, 6) is -0.332. The van der Waals surface area contributed by atoms with Crippen molar-refractivity contribution >= 4 is 17.5 Å². The molecule has 1 saturated heterocycles. The van der Waals surface area contributed by atoms with Gasteiger partial charge in [0.15, 0.2) is 0 Å². The van der Waals surface area contributed by atoms with E-state index in [0.717, 1.165) is 18.8 Å². The molecule has 0 unspecified atom stereocenters. The van der Waals surface area contributed by atoms with Gasteiger partial charge in [0.1, 0.15) is 0 Å². The Bertz CT molecular complexity index is 668. The number of rotatable bonds is 5. The van der Waals surface area contributed by atoms with Crippen molar-refractivity contribution in [2.75, 3.05) is 31.5 Å². The van der Waals surface area contributed by atoms with Crippen LogP contribution in [-0.4, -0.2) is 59.4 Å². The number of piperazine rings is 1. The SMILES string of the molecule is C[C@H](C(=O)Nc1ccc(C(C)(C)C)cc1)N1CCN(C(C)(C)C(N)=O)CC1. The Hall–Kier alpha value is -1.92. The first kappa shape index (κ1) is 21.4. The number of benzene rings is 1. The van der Waals surface area contributed by atoms with Gasteiger partial charge in [-0.25, -0.2) is 0 Å². The van der Waals surface area contributed by atoms with Crippen LogP contribution in [0.1, 0.15) is 47.1 Å². The van der Waals surface area contributed by atoms with Crippen LogP contribution in [0.15, 0.2) is 24.3 Å². The highest BCUT2D eigenvalue weighted by atomic mass is 16.2. The van der Waals surface area contributed by atoms with E-state index in [0.29, 0.717) is 13.1 Å². The first-order valence-electron chi connectivity index (χ1n) is 9.63. The Morgan fingerprint density at radius 3 is 1.96 bits per heavy atom. The van der Waals surface area contributed by atoms with Crippen LogP contribution in [0.25, 0.3) is 0 Å². The molecule has 0 bridgehead atoms. The van der Waals surface area contributed by atoms with Crippen molar-refractivity contribution in [3.8, 4) is 0 Å². The standard InChI is InChI=1S/C21H34N4O2/c1-15(24-11-13-25(14-12-24)21(5,6)19(22)27)18(26)23-17-9-7-16(8-10-17)20(2,3)4/h7-10,15H,11-14H2,1-6H3,(H2,22,27)(H,23,26)/t15-/m1/s1. The maximum Gasteiger partial charge on any atom is 0.241 e. The zero-order valence-corrected chi connectivity index (χ0v) is 17.5. The molecule has 1 fully saturated rings. The minimum Gasteiger partial charge on any atom is -0.368 e. The number of nitrogens with two attached hydrogens (primary N) is 1. The molecule has 3 N–H and O–H groups in total. The number of carbonyl (C=O) groups is 2. The molecule has 1 aliphatic heterocycles. The lowest BCUT2D eigenvalue weighted by Crippen LogP contribution is -2.61. The molecule has 0 aliphatic carbocycles. The third-order valence-electron chi connectivity index (χ3n) is 5.65. The quantitative estimate of drug-likeness (QED) is 0.828. The van der Waals surface area contributed by atoms with Crippen LogP contribution in [0.4, 0.5) is 5.69 Å². The Labute approximate surface area is 163 Å². The monoisotopic (exact) mass is 374 g/mol. The summed E-state index contributed by atoms with van der Waals surface area (Å²) in [6.07, 6.45) is 0. The van der Waals surface area contributed by atoms with Crippen molar-refractivity contribution in [3.63, 3.8) is 0 Å². The summed E-state index contributed by atoms with van der Waals surface area (Å²) < 4.78 is 0. The normalized spacial score (nSPS) is 18.1. The highest BCUT2D eigenvalue weighted by Crippen LogP contribution is 2.24. The average Bonchev–Trinajstić information content (AvgIpc) is 2.60. The van der Waals surface area contributed by atoms with Crippen LogP contribution in [-0.2, 0) is 15.0 Å². The van der Waals surface area contributed by atoms with Crippen LogP contribution in [0.3, 0.4) is 0 Å². The van der Waals surface area contributed by atoms with E-state index in [-0.39, 0.29) is 23.3 Å². The van der Waals surface area contributed by atoms with E-state index in [2.05, 4.69) is 48.0 Å². The number of carbonyl (C=O) groups excluding carboxylic acids is 2. The molecule has 6 nitrogen and oxygen atoms in total. The van der Waals surface area contributed by atoms with Gasteiger partial charge in [-0.1, -0.05) is 32.9 Å². The average molecular weight is 375 g/mol. The molecule has 1 aromatic rings. The number of nitrogens with one attached hydrogen (secondary N) is 1. The van der Waals surface area contributed by atoms with Gasteiger partial charge in [0.2, 0.25) is 11.8 Å². The molecule has 6 heteroatoms. The van der Waals surface area contributed by atoms with Crippen molar-refractivity contribution in [1.82, 2.24) is 9.80 Å². The van der Waals surface area contributed by atoms with Crippen molar-refractivity contribution in [3.05, 3.63) is 29.8 Å². The highest BCUT2D eigenvalue weighted by Gasteiger charge is 2.36. The van der Waals surface area contributed by atoms with Gasteiger partial charge in [-0.2, -0.15) is 0 Å². The Kier molecular flexibility index (Phi) is 6.32. The molecule has 0 spiro atoms. The molecule has 1 aromatic carbocycles. The summed E-state index contributed by atoms with van der Waals surface area (Å²) in [5, 5.41) is 3.01. The minimum absolute atomic E-state index is 0.0129. The fraction of sp³-hybridized carbons (Fsp3) is 0.619. The predicted octanol–water partition coefficient (Wildman–Crippen LogP) is 2.19. The molecule has 0 saturated carbocycles. The first-order chi connectivity index (χ1) is 12.4. The third kappa shape index (κ3) is 5.08. The first-order valence-corrected chi connectivity index (χ1v) is 9.63. The molecule has 0 aromatic heterocycles. The molecule has 2 amide bonds. The molecule has 1 heterocycles. The summed E-state index contributed by atoms with van der Waals surface area (Å²) in [6.45, 7) is 15.0.